The second-order valence-corrected chi connectivity index (χ2v) is 3.40. The van der Waals surface area contributed by atoms with Crippen molar-refractivity contribution in [3.05, 3.63) is 0 Å². The molecule has 0 aliphatic rings. The van der Waals surface area contributed by atoms with Crippen LogP contribution in [0.2, 0.25) is 0 Å². The maximum atomic E-state index is 5.45. The van der Waals surface area contributed by atoms with Gasteiger partial charge in [-0.2, -0.15) is 0 Å². The van der Waals surface area contributed by atoms with Crippen LogP contribution in [0.4, 0.5) is 0 Å². The van der Waals surface area contributed by atoms with Gasteiger partial charge in [0.05, 0.1) is 6.61 Å². The van der Waals surface area contributed by atoms with Gasteiger partial charge < -0.3 is 9.64 Å². The first-order valence-electron chi connectivity index (χ1n) is 5.65. The first-order valence-corrected chi connectivity index (χ1v) is 5.65. The van der Waals surface area contributed by atoms with Crippen LogP contribution in [-0.4, -0.2) is 37.7 Å². The fourth-order valence-corrected chi connectivity index (χ4v) is 1.25. The topological polar surface area (TPSA) is 12.5 Å². The number of hydrogen-bond donors (Lipinski definition) is 0. The Morgan fingerprint density at radius 2 is 1.69 bits per heavy atom. The molecule has 0 fully saturated rings. The molecular weight excluding hydrogens is 162 g/mol. The molecule has 0 atom stereocenters. The van der Waals surface area contributed by atoms with Crippen LogP contribution in [0.25, 0.3) is 0 Å². The van der Waals surface area contributed by atoms with Crippen molar-refractivity contribution in [1.82, 2.24) is 4.90 Å². The maximum Gasteiger partial charge on any atom is 0.0593 e. The van der Waals surface area contributed by atoms with E-state index in [0.717, 1.165) is 32.7 Å². The zero-order chi connectivity index (χ0) is 9.94. The van der Waals surface area contributed by atoms with Gasteiger partial charge in [-0.05, 0) is 25.9 Å². The minimum absolute atomic E-state index is 0.894. The van der Waals surface area contributed by atoms with Crippen LogP contribution in [0, 0.1) is 0 Å². The summed E-state index contributed by atoms with van der Waals surface area (Å²) in [5, 5.41) is 0. The van der Waals surface area contributed by atoms with E-state index in [1.54, 1.807) is 0 Å². The van der Waals surface area contributed by atoms with Gasteiger partial charge in [0.15, 0.2) is 0 Å². The van der Waals surface area contributed by atoms with E-state index in [4.69, 9.17) is 4.74 Å². The number of hydrogen-bond acceptors (Lipinski definition) is 2. The van der Waals surface area contributed by atoms with E-state index < -0.39 is 0 Å². The minimum atomic E-state index is 0.894. The van der Waals surface area contributed by atoms with Crippen molar-refractivity contribution in [3.63, 3.8) is 0 Å². The number of likely N-dealkylation sites (N-methyl/N-ethyl adjacent to an activating group) is 1. The average Bonchev–Trinajstić information content (AvgIpc) is 2.17. The van der Waals surface area contributed by atoms with E-state index >= 15 is 0 Å². The second-order valence-electron chi connectivity index (χ2n) is 3.40. The Bertz CT molecular complexity index is 96.1. The third kappa shape index (κ3) is 8.26. The van der Waals surface area contributed by atoms with Crippen LogP contribution >= 0.6 is 0 Å². The Hall–Kier alpha value is -0.0800. The summed E-state index contributed by atoms with van der Waals surface area (Å²) in [6, 6.07) is 0. The Morgan fingerprint density at radius 3 is 2.23 bits per heavy atom. The molecule has 0 saturated carbocycles. The maximum absolute atomic E-state index is 5.45. The molecule has 0 aliphatic carbocycles. The van der Waals surface area contributed by atoms with Crippen molar-refractivity contribution in [2.75, 3.05) is 32.8 Å². The van der Waals surface area contributed by atoms with Gasteiger partial charge in [0.1, 0.15) is 0 Å². The summed E-state index contributed by atoms with van der Waals surface area (Å²) in [6.07, 6.45) is 3.72. The first kappa shape index (κ1) is 12.9. The first-order chi connectivity index (χ1) is 6.35. The molecule has 0 spiro atoms. The lowest BCUT2D eigenvalue weighted by molar-refractivity contribution is 0.105. The monoisotopic (exact) mass is 187 g/mol. The van der Waals surface area contributed by atoms with E-state index in [0.29, 0.717) is 0 Å². The summed E-state index contributed by atoms with van der Waals surface area (Å²) < 4.78 is 5.45. The van der Waals surface area contributed by atoms with E-state index in [1.807, 2.05) is 0 Å². The van der Waals surface area contributed by atoms with Gasteiger partial charge in [-0.3, -0.25) is 0 Å². The van der Waals surface area contributed by atoms with Crippen molar-refractivity contribution < 1.29 is 4.74 Å². The third-order valence-electron chi connectivity index (χ3n) is 2.18. The van der Waals surface area contributed by atoms with Gasteiger partial charge in [-0.15, -0.1) is 0 Å². The molecule has 0 rings (SSSR count). The quantitative estimate of drug-likeness (QED) is 0.514. The summed E-state index contributed by atoms with van der Waals surface area (Å²) in [5.41, 5.74) is 0. The Labute approximate surface area is 83.3 Å². The van der Waals surface area contributed by atoms with Gasteiger partial charge in [0, 0.05) is 13.2 Å². The Kier molecular flexibility index (Phi) is 9.94. The van der Waals surface area contributed by atoms with Crippen molar-refractivity contribution in [3.8, 4) is 0 Å². The Balaban J connectivity index is 3.25. The summed E-state index contributed by atoms with van der Waals surface area (Å²) in [6.45, 7) is 11.9. The molecule has 0 radical (unpaired) electrons. The van der Waals surface area contributed by atoms with E-state index in [1.165, 1.54) is 19.4 Å². The second kappa shape index (κ2) is 10.0. The molecule has 80 valence electrons. The molecule has 0 heterocycles. The molecule has 0 unspecified atom stereocenters. The van der Waals surface area contributed by atoms with Gasteiger partial charge in [-0.25, -0.2) is 0 Å². The molecule has 2 heteroatoms. The molecule has 13 heavy (non-hydrogen) atoms. The summed E-state index contributed by atoms with van der Waals surface area (Å²) in [7, 11) is 0. The van der Waals surface area contributed by atoms with Crippen molar-refractivity contribution in [2.45, 2.75) is 40.0 Å². The number of unbranched alkanes of at least 4 members (excludes halogenated alkanes) is 1. The lowest BCUT2D eigenvalue weighted by atomic mass is 10.3. The molecule has 0 amide bonds. The lowest BCUT2D eigenvalue weighted by Crippen LogP contribution is -2.28. The van der Waals surface area contributed by atoms with E-state index in [9.17, 15) is 0 Å². The normalized spacial score (nSPS) is 11.1. The third-order valence-corrected chi connectivity index (χ3v) is 2.18. The predicted molar refractivity (Wildman–Crippen MR) is 58.1 cm³/mol. The average molecular weight is 187 g/mol. The Morgan fingerprint density at radius 1 is 0.923 bits per heavy atom. The lowest BCUT2D eigenvalue weighted by Gasteiger charge is -2.19. The highest BCUT2D eigenvalue weighted by molar-refractivity contribution is 4.53. The SMILES string of the molecule is CCCCN(CC)CCOCCC. The zero-order valence-electron chi connectivity index (χ0n) is 9.51. The van der Waals surface area contributed by atoms with Crippen LogP contribution in [0.1, 0.15) is 40.0 Å². The van der Waals surface area contributed by atoms with Gasteiger partial charge in [0.2, 0.25) is 0 Å². The molecule has 0 aromatic heterocycles. The molecule has 0 N–H and O–H groups in total. The standard InChI is InChI=1S/C11H25NO/c1-4-7-8-12(6-3)9-11-13-10-5-2/h4-11H2,1-3H3. The smallest absolute Gasteiger partial charge is 0.0593 e. The molecule has 0 saturated heterocycles. The van der Waals surface area contributed by atoms with E-state index in [2.05, 4.69) is 25.7 Å². The van der Waals surface area contributed by atoms with Crippen molar-refractivity contribution >= 4 is 0 Å². The molecule has 0 aromatic carbocycles. The van der Waals surface area contributed by atoms with Gasteiger partial charge in [-0.1, -0.05) is 27.2 Å². The molecule has 0 aromatic rings. The summed E-state index contributed by atoms with van der Waals surface area (Å²) >= 11 is 0. The number of ether oxygens (including phenoxy) is 1. The van der Waals surface area contributed by atoms with Crippen LogP contribution in [-0.2, 0) is 4.74 Å². The molecular formula is C11H25NO. The minimum Gasteiger partial charge on any atom is -0.380 e. The van der Waals surface area contributed by atoms with Crippen molar-refractivity contribution in [1.29, 1.82) is 0 Å². The van der Waals surface area contributed by atoms with Crippen LogP contribution in [0.3, 0.4) is 0 Å². The molecule has 0 bridgehead atoms. The largest absolute Gasteiger partial charge is 0.380 e. The number of rotatable bonds is 9. The van der Waals surface area contributed by atoms with E-state index in [-0.39, 0.29) is 0 Å². The van der Waals surface area contributed by atoms with Crippen molar-refractivity contribution in [2.24, 2.45) is 0 Å². The highest BCUT2D eigenvalue weighted by Gasteiger charge is 1.99. The summed E-state index contributed by atoms with van der Waals surface area (Å²) in [5.74, 6) is 0. The molecule has 2 nitrogen and oxygen atoms in total. The fourth-order valence-electron chi connectivity index (χ4n) is 1.25. The van der Waals surface area contributed by atoms with Crippen LogP contribution in [0.15, 0.2) is 0 Å². The van der Waals surface area contributed by atoms with Gasteiger partial charge >= 0.3 is 0 Å². The van der Waals surface area contributed by atoms with Crippen LogP contribution in [0.5, 0.6) is 0 Å². The highest BCUT2D eigenvalue weighted by Crippen LogP contribution is 1.94. The van der Waals surface area contributed by atoms with Gasteiger partial charge in [0.25, 0.3) is 0 Å². The molecule has 0 aliphatic heterocycles. The number of nitrogens with zero attached hydrogens (tertiary/aromatic N) is 1. The predicted octanol–water partition coefficient (Wildman–Crippen LogP) is 2.54. The highest BCUT2D eigenvalue weighted by atomic mass is 16.5. The fraction of sp³-hybridized carbons (Fsp3) is 1.00. The summed E-state index contributed by atoms with van der Waals surface area (Å²) in [4.78, 5) is 2.46. The van der Waals surface area contributed by atoms with Crippen LogP contribution < -0.4 is 0 Å². The zero-order valence-corrected chi connectivity index (χ0v) is 9.51.